The number of rotatable bonds is 5. The molecule has 0 aromatic heterocycles. The molecule has 0 N–H and O–H groups in total. The summed E-state index contributed by atoms with van der Waals surface area (Å²) >= 11 is 0. The molecule has 0 aliphatic rings. The fraction of sp³-hybridized carbons (Fsp3) is 0.714. The van der Waals surface area contributed by atoms with E-state index < -0.39 is 28.3 Å². The van der Waals surface area contributed by atoms with Crippen LogP contribution in [0, 0.1) is 0 Å². The lowest BCUT2D eigenvalue weighted by atomic mass is 9.71. The molecule has 0 fully saturated rings. The smallest absolute Gasteiger partial charge is 0.131 e. The van der Waals surface area contributed by atoms with Crippen molar-refractivity contribution in [3.8, 4) is 0 Å². The Labute approximate surface area is 154 Å². The molecule has 0 saturated carbocycles. The van der Waals surface area contributed by atoms with Crippen LogP contribution in [0.15, 0.2) is 6.07 Å². The minimum Gasteiger partial charge on any atom is -0.239 e. The summed E-state index contributed by atoms with van der Waals surface area (Å²) in [6.07, 6.45) is 0. The number of halogens is 5. The van der Waals surface area contributed by atoms with Crippen LogP contribution in [-0.4, -0.2) is 0 Å². The van der Waals surface area contributed by atoms with Crippen LogP contribution < -0.4 is 0 Å². The predicted molar refractivity (Wildman–Crippen MR) is 97.1 cm³/mol. The largest absolute Gasteiger partial charge is 0.239 e. The van der Waals surface area contributed by atoms with Crippen LogP contribution in [0.2, 0.25) is 0 Å². The van der Waals surface area contributed by atoms with Crippen molar-refractivity contribution >= 4 is 0 Å². The van der Waals surface area contributed by atoms with Crippen LogP contribution >= 0.6 is 0 Å². The highest BCUT2D eigenvalue weighted by Crippen LogP contribution is 2.50. The zero-order valence-corrected chi connectivity index (χ0v) is 17.5. The molecule has 0 heterocycles. The van der Waals surface area contributed by atoms with Gasteiger partial charge in [-0.25, -0.2) is 22.0 Å². The van der Waals surface area contributed by atoms with E-state index in [9.17, 15) is 8.78 Å². The first-order valence-corrected chi connectivity index (χ1v) is 8.77. The van der Waals surface area contributed by atoms with Crippen molar-refractivity contribution in [2.24, 2.45) is 0 Å². The van der Waals surface area contributed by atoms with Gasteiger partial charge >= 0.3 is 0 Å². The molecular weight excluding hydrogens is 347 g/mol. The quantitative estimate of drug-likeness (QED) is 0.460. The highest BCUT2D eigenvalue weighted by atomic mass is 19.2. The average Bonchev–Trinajstić information content (AvgIpc) is 2.30. The molecule has 0 saturated heterocycles. The summed E-state index contributed by atoms with van der Waals surface area (Å²) in [5.74, 6) is 0. The van der Waals surface area contributed by atoms with E-state index >= 15 is 13.2 Å². The summed E-state index contributed by atoms with van der Waals surface area (Å²) in [5.41, 5.74) is -11.8. The Balaban J connectivity index is 4.41. The molecule has 0 atom stereocenters. The van der Waals surface area contributed by atoms with Gasteiger partial charge in [0.05, 0.1) is 0 Å². The third-order valence-corrected chi connectivity index (χ3v) is 4.39. The lowest BCUT2D eigenvalue weighted by Crippen LogP contribution is -2.33. The van der Waals surface area contributed by atoms with E-state index in [1.165, 1.54) is 55.4 Å². The number of hydrogen-bond acceptors (Lipinski definition) is 0. The van der Waals surface area contributed by atoms with Crippen LogP contribution in [0.4, 0.5) is 22.0 Å². The number of benzene rings is 1. The summed E-state index contributed by atoms with van der Waals surface area (Å²) in [4.78, 5) is 0. The van der Waals surface area contributed by atoms with Gasteiger partial charge in [-0.3, -0.25) is 0 Å². The topological polar surface area (TPSA) is 0 Å². The molecule has 0 unspecified atom stereocenters. The maximum absolute atomic E-state index is 15.3. The van der Waals surface area contributed by atoms with E-state index in [1.807, 2.05) is 0 Å². The van der Waals surface area contributed by atoms with E-state index in [0.717, 1.165) is 19.9 Å². The average molecular weight is 378 g/mol. The van der Waals surface area contributed by atoms with Crippen LogP contribution in [0.25, 0.3) is 0 Å². The van der Waals surface area contributed by atoms with Gasteiger partial charge < -0.3 is 0 Å². The number of alkyl halides is 5. The van der Waals surface area contributed by atoms with Gasteiger partial charge in [0.1, 0.15) is 28.3 Å². The summed E-state index contributed by atoms with van der Waals surface area (Å²) in [5, 5.41) is 0. The maximum Gasteiger partial charge on any atom is 0.131 e. The summed E-state index contributed by atoms with van der Waals surface area (Å²) in [7, 11) is 0. The Morgan fingerprint density at radius 3 is 0.808 bits per heavy atom. The maximum atomic E-state index is 15.3. The van der Waals surface area contributed by atoms with Gasteiger partial charge in [-0.15, -0.1) is 0 Å². The first kappa shape index (κ1) is 22.9. The Bertz CT molecular complexity index is 619. The zero-order valence-electron chi connectivity index (χ0n) is 17.5. The lowest BCUT2D eigenvalue weighted by Gasteiger charge is -2.38. The van der Waals surface area contributed by atoms with Gasteiger partial charge in [-0.2, -0.15) is 0 Å². The minimum absolute atomic E-state index is 0.167. The zero-order chi connectivity index (χ0) is 21.1. The molecule has 1 aromatic rings. The second-order valence-electron chi connectivity index (χ2n) is 9.46. The normalized spacial score (nSPS) is 14.7. The predicted octanol–water partition coefficient (Wildman–Crippen LogP) is 7.71. The summed E-state index contributed by atoms with van der Waals surface area (Å²) < 4.78 is 75.5. The van der Waals surface area contributed by atoms with Gasteiger partial charge in [0.15, 0.2) is 0 Å². The van der Waals surface area contributed by atoms with Crippen LogP contribution in [-0.2, 0) is 28.3 Å². The van der Waals surface area contributed by atoms with E-state index in [0.29, 0.717) is 0 Å². The SMILES string of the molecule is CC(C)(F)c1cc(C(C)(C)F)c(C(C)(C)F)c(C(C)(C)F)c1C(C)(C)F. The van der Waals surface area contributed by atoms with Crippen LogP contribution in [0.5, 0.6) is 0 Å². The second kappa shape index (κ2) is 6.20. The first-order chi connectivity index (χ1) is 11.1. The van der Waals surface area contributed by atoms with Gasteiger partial charge in [0.2, 0.25) is 0 Å². The van der Waals surface area contributed by atoms with Crippen molar-refractivity contribution in [3.63, 3.8) is 0 Å². The first-order valence-electron chi connectivity index (χ1n) is 8.77. The Kier molecular flexibility index (Phi) is 5.46. The molecule has 1 rings (SSSR count). The lowest BCUT2D eigenvalue weighted by molar-refractivity contribution is 0.149. The third kappa shape index (κ3) is 4.58. The highest BCUT2D eigenvalue weighted by Gasteiger charge is 2.45. The molecule has 5 heteroatoms. The summed E-state index contributed by atoms with van der Waals surface area (Å²) in [6, 6.07) is 1.16. The van der Waals surface area contributed by atoms with Crippen molar-refractivity contribution in [2.45, 2.75) is 97.6 Å². The third-order valence-electron chi connectivity index (χ3n) is 4.39. The van der Waals surface area contributed by atoms with Gasteiger partial charge in [0, 0.05) is 16.7 Å². The Morgan fingerprint density at radius 1 is 0.423 bits per heavy atom. The summed E-state index contributed by atoms with van der Waals surface area (Å²) in [6.45, 7) is 11.8. The standard InChI is InChI=1S/C21H31F5/c1-17(2,22)12-11-13(18(3,4)23)15(20(7,8)25)16(21(9,10)26)14(12)19(5,6)24/h11H,1-10H3. The Morgan fingerprint density at radius 2 is 0.654 bits per heavy atom. The molecule has 0 radical (unpaired) electrons. The molecule has 0 spiro atoms. The molecule has 1 aromatic carbocycles. The molecular formula is C21H31F5. The molecule has 0 aliphatic carbocycles. The molecule has 0 aliphatic heterocycles. The molecule has 0 bridgehead atoms. The van der Waals surface area contributed by atoms with Crippen molar-refractivity contribution < 1.29 is 22.0 Å². The molecule has 150 valence electrons. The van der Waals surface area contributed by atoms with E-state index in [4.69, 9.17) is 0 Å². The monoisotopic (exact) mass is 378 g/mol. The Hall–Kier alpha value is -1.13. The molecule has 0 amide bonds. The van der Waals surface area contributed by atoms with Crippen molar-refractivity contribution in [2.75, 3.05) is 0 Å². The van der Waals surface area contributed by atoms with E-state index in [1.54, 1.807) is 0 Å². The van der Waals surface area contributed by atoms with E-state index in [2.05, 4.69) is 0 Å². The fourth-order valence-corrected chi connectivity index (χ4v) is 3.45. The van der Waals surface area contributed by atoms with Gasteiger partial charge in [-0.1, -0.05) is 0 Å². The fourth-order valence-electron chi connectivity index (χ4n) is 3.45. The van der Waals surface area contributed by atoms with Crippen LogP contribution in [0.3, 0.4) is 0 Å². The highest BCUT2D eigenvalue weighted by molar-refractivity contribution is 5.56. The minimum atomic E-state index is -2.21. The van der Waals surface area contributed by atoms with Crippen molar-refractivity contribution in [3.05, 3.63) is 33.9 Å². The van der Waals surface area contributed by atoms with Gasteiger partial charge in [-0.05, 0) is 86.4 Å². The van der Waals surface area contributed by atoms with E-state index in [-0.39, 0.29) is 27.8 Å². The van der Waals surface area contributed by atoms with Crippen LogP contribution in [0.1, 0.15) is 97.1 Å². The number of hydrogen-bond donors (Lipinski definition) is 0. The van der Waals surface area contributed by atoms with Crippen molar-refractivity contribution in [1.29, 1.82) is 0 Å². The molecule has 26 heavy (non-hydrogen) atoms. The second-order valence-corrected chi connectivity index (χ2v) is 9.46. The molecule has 0 nitrogen and oxygen atoms in total. The van der Waals surface area contributed by atoms with Gasteiger partial charge in [0.25, 0.3) is 0 Å². The van der Waals surface area contributed by atoms with Crippen molar-refractivity contribution in [1.82, 2.24) is 0 Å².